The Balaban J connectivity index is 2.38. The summed E-state index contributed by atoms with van der Waals surface area (Å²) in [5, 5.41) is 12.8. The van der Waals surface area contributed by atoms with Crippen LogP contribution in [0.5, 0.6) is 0 Å². The van der Waals surface area contributed by atoms with Crippen LogP contribution in [0.3, 0.4) is 0 Å². The summed E-state index contributed by atoms with van der Waals surface area (Å²) in [6.45, 7) is 4.81. The number of primary amides is 1. The predicted octanol–water partition coefficient (Wildman–Crippen LogP) is -0.0840. The van der Waals surface area contributed by atoms with Crippen molar-refractivity contribution in [3.05, 3.63) is 23.1 Å². The number of nitrogens with zero attached hydrogens (tertiary/aromatic N) is 1. The number of hydrogen-bond donors (Lipinski definition) is 4. The van der Waals surface area contributed by atoms with E-state index in [4.69, 9.17) is 11.5 Å². The summed E-state index contributed by atoms with van der Waals surface area (Å²) in [5.74, 6) is -1.05. The van der Waals surface area contributed by atoms with Crippen molar-refractivity contribution in [1.82, 2.24) is 5.32 Å². The number of rotatable bonds is 5. The van der Waals surface area contributed by atoms with Gasteiger partial charge in [0.05, 0.1) is 17.4 Å². The zero-order valence-corrected chi connectivity index (χ0v) is 12.3. The van der Waals surface area contributed by atoms with Crippen LogP contribution < -0.4 is 21.7 Å². The molecule has 7 nitrogen and oxygen atoms in total. The fourth-order valence-electron chi connectivity index (χ4n) is 2.23. The summed E-state index contributed by atoms with van der Waals surface area (Å²) >= 11 is 1.11. The van der Waals surface area contributed by atoms with Crippen LogP contribution in [0.25, 0.3) is 0 Å². The molecule has 0 aliphatic carbocycles. The first-order valence-electron chi connectivity index (χ1n) is 6.49. The maximum atomic E-state index is 12.0. The van der Waals surface area contributed by atoms with Crippen molar-refractivity contribution in [2.45, 2.75) is 12.5 Å². The highest BCUT2D eigenvalue weighted by Crippen LogP contribution is 2.39. The Morgan fingerprint density at radius 1 is 1.57 bits per heavy atom. The molecule has 114 valence electrons. The average molecular weight is 310 g/mol. The monoisotopic (exact) mass is 310 g/mol. The van der Waals surface area contributed by atoms with E-state index < -0.39 is 12.0 Å². The van der Waals surface area contributed by atoms with E-state index in [1.807, 2.05) is 4.90 Å². The van der Waals surface area contributed by atoms with Crippen molar-refractivity contribution in [3.8, 4) is 0 Å². The first kappa shape index (κ1) is 15.3. The molecule has 0 radical (unpaired) electrons. The first-order valence-corrected chi connectivity index (χ1v) is 7.31. The van der Waals surface area contributed by atoms with Crippen molar-refractivity contribution < 1.29 is 14.7 Å². The number of aliphatic hydroxyl groups excluding tert-OH is 1. The van der Waals surface area contributed by atoms with Crippen LogP contribution in [0.4, 0.5) is 10.7 Å². The van der Waals surface area contributed by atoms with E-state index >= 15 is 0 Å². The second kappa shape index (κ2) is 6.15. The zero-order valence-electron chi connectivity index (χ0n) is 11.5. The Morgan fingerprint density at radius 3 is 2.81 bits per heavy atom. The molecule has 1 atom stereocenters. The van der Waals surface area contributed by atoms with Crippen molar-refractivity contribution in [1.29, 1.82) is 0 Å². The van der Waals surface area contributed by atoms with E-state index in [0.717, 1.165) is 11.3 Å². The molecule has 1 aromatic rings. The van der Waals surface area contributed by atoms with Crippen LogP contribution in [0.1, 0.15) is 26.5 Å². The number of amides is 2. The third-order valence-electron chi connectivity index (χ3n) is 3.24. The van der Waals surface area contributed by atoms with Gasteiger partial charge in [0, 0.05) is 19.6 Å². The summed E-state index contributed by atoms with van der Waals surface area (Å²) < 4.78 is 0. The molecule has 1 saturated heterocycles. The fraction of sp³-hybridized carbons (Fsp3) is 0.385. The van der Waals surface area contributed by atoms with Gasteiger partial charge in [0.1, 0.15) is 9.88 Å². The molecule has 1 aliphatic rings. The van der Waals surface area contributed by atoms with Crippen LogP contribution in [0, 0.1) is 0 Å². The van der Waals surface area contributed by atoms with Crippen LogP contribution in [-0.4, -0.2) is 42.7 Å². The minimum absolute atomic E-state index is 0.0884. The molecule has 1 aliphatic heterocycles. The highest BCUT2D eigenvalue weighted by molar-refractivity contribution is 7.19. The molecular formula is C13H18N4O3S. The van der Waals surface area contributed by atoms with E-state index in [2.05, 4.69) is 11.9 Å². The van der Waals surface area contributed by atoms with E-state index in [1.165, 1.54) is 0 Å². The predicted molar refractivity (Wildman–Crippen MR) is 82.6 cm³/mol. The number of nitrogen functional groups attached to an aromatic ring is 1. The standard InChI is InChI=1S/C13H18N4O3S/c1-2-4-16-12(20)10-9(14)8(11(15)19)13(21-10)17-5-3-7(18)6-17/h2,7,18H,1,3-6,14H2,(H2,15,19)(H,16,20). The SMILES string of the molecule is C=CCNC(=O)c1sc(N2CCC(O)C2)c(C(N)=O)c1N. The van der Waals surface area contributed by atoms with E-state index in [9.17, 15) is 14.7 Å². The van der Waals surface area contributed by atoms with Crippen LogP contribution >= 0.6 is 11.3 Å². The molecular weight excluding hydrogens is 292 g/mol. The fourth-order valence-corrected chi connectivity index (χ4v) is 3.41. The van der Waals surface area contributed by atoms with E-state index in [0.29, 0.717) is 31.1 Å². The Bertz CT molecular complexity index is 584. The smallest absolute Gasteiger partial charge is 0.263 e. The molecule has 0 spiro atoms. The van der Waals surface area contributed by atoms with Gasteiger partial charge in [-0.2, -0.15) is 0 Å². The second-order valence-corrected chi connectivity index (χ2v) is 5.78. The Labute approximate surface area is 126 Å². The Kier molecular flexibility index (Phi) is 4.49. The van der Waals surface area contributed by atoms with Crippen LogP contribution in [0.2, 0.25) is 0 Å². The lowest BCUT2D eigenvalue weighted by Crippen LogP contribution is -2.24. The Hall–Kier alpha value is -2.06. The molecule has 2 rings (SSSR count). The minimum Gasteiger partial charge on any atom is -0.397 e. The number of nitrogens with two attached hydrogens (primary N) is 2. The summed E-state index contributed by atoms with van der Waals surface area (Å²) in [6.07, 6.45) is 1.70. The van der Waals surface area contributed by atoms with E-state index in [1.54, 1.807) is 6.08 Å². The lowest BCUT2D eigenvalue weighted by Gasteiger charge is -2.16. The van der Waals surface area contributed by atoms with Gasteiger partial charge < -0.3 is 26.8 Å². The third-order valence-corrected chi connectivity index (χ3v) is 4.50. The quantitative estimate of drug-likeness (QED) is 0.567. The molecule has 1 unspecified atom stereocenters. The number of carbonyl (C=O) groups is 2. The number of thiophene rings is 1. The van der Waals surface area contributed by atoms with Gasteiger partial charge in [-0.25, -0.2) is 0 Å². The average Bonchev–Trinajstić information content (AvgIpc) is 2.99. The summed E-state index contributed by atoms with van der Waals surface area (Å²) in [4.78, 5) is 25.8. The molecule has 8 heteroatoms. The molecule has 2 amide bonds. The zero-order chi connectivity index (χ0) is 15.6. The van der Waals surface area contributed by atoms with E-state index in [-0.39, 0.29) is 22.0 Å². The van der Waals surface area contributed by atoms with Gasteiger partial charge in [0.2, 0.25) is 0 Å². The molecule has 0 saturated carbocycles. The lowest BCUT2D eigenvalue weighted by molar-refractivity contribution is 0.0962. The van der Waals surface area contributed by atoms with Gasteiger partial charge in [0.25, 0.3) is 11.8 Å². The highest BCUT2D eigenvalue weighted by Gasteiger charge is 2.30. The van der Waals surface area contributed by atoms with Crippen LogP contribution in [0.15, 0.2) is 12.7 Å². The van der Waals surface area contributed by atoms with Gasteiger partial charge in [-0.05, 0) is 6.42 Å². The highest BCUT2D eigenvalue weighted by atomic mass is 32.1. The van der Waals surface area contributed by atoms with Gasteiger partial charge in [-0.15, -0.1) is 17.9 Å². The number of nitrogens with one attached hydrogen (secondary N) is 1. The van der Waals surface area contributed by atoms with Gasteiger partial charge >= 0.3 is 0 Å². The summed E-state index contributed by atoms with van der Waals surface area (Å²) in [7, 11) is 0. The Morgan fingerprint density at radius 2 is 2.29 bits per heavy atom. The van der Waals surface area contributed by atoms with Crippen molar-refractivity contribution in [3.63, 3.8) is 0 Å². The lowest BCUT2D eigenvalue weighted by atomic mass is 10.2. The number of carbonyl (C=O) groups excluding carboxylic acids is 2. The molecule has 6 N–H and O–H groups in total. The summed E-state index contributed by atoms with van der Waals surface area (Å²) in [6, 6.07) is 0. The van der Waals surface area contributed by atoms with Crippen molar-refractivity contribution in [2.75, 3.05) is 30.3 Å². The molecule has 1 fully saturated rings. The third kappa shape index (κ3) is 3.01. The molecule has 0 aromatic carbocycles. The molecule has 2 heterocycles. The number of hydrogen-bond acceptors (Lipinski definition) is 6. The maximum Gasteiger partial charge on any atom is 0.263 e. The minimum atomic E-state index is -0.678. The van der Waals surface area contributed by atoms with Gasteiger partial charge in [0.15, 0.2) is 0 Å². The van der Waals surface area contributed by atoms with Crippen molar-refractivity contribution >= 4 is 33.8 Å². The number of anilines is 2. The van der Waals surface area contributed by atoms with Crippen LogP contribution in [-0.2, 0) is 0 Å². The maximum absolute atomic E-state index is 12.0. The van der Waals surface area contributed by atoms with Crippen molar-refractivity contribution in [2.24, 2.45) is 5.73 Å². The normalized spacial score (nSPS) is 17.8. The second-order valence-electron chi connectivity index (χ2n) is 4.78. The molecule has 21 heavy (non-hydrogen) atoms. The topological polar surface area (TPSA) is 122 Å². The number of β-amino-alcohol motifs (C(OH)–C–C–N with tert-alkyl or cyclic N) is 1. The first-order chi connectivity index (χ1) is 9.95. The van der Waals surface area contributed by atoms with Gasteiger partial charge in [-0.3, -0.25) is 9.59 Å². The molecule has 1 aromatic heterocycles. The largest absolute Gasteiger partial charge is 0.397 e. The number of aliphatic hydroxyl groups is 1. The summed E-state index contributed by atoms with van der Waals surface area (Å²) in [5.41, 5.74) is 11.5. The molecule has 0 bridgehead atoms. The van der Waals surface area contributed by atoms with Gasteiger partial charge in [-0.1, -0.05) is 6.08 Å².